The van der Waals surface area contributed by atoms with E-state index in [4.69, 9.17) is 5.73 Å². The topological polar surface area (TPSA) is 72.9 Å². The first-order chi connectivity index (χ1) is 9.19. The zero-order valence-corrected chi connectivity index (χ0v) is 12.2. The van der Waals surface area contributed by atoms with Crippen molar-refractivity contribution in [3.05, 3.63) is 18.2 Å². The summed E-state index contributed by atoms with van der Waals surface area (Å²) < 4.78 is 2.07. The Balaban J connectivity index is 1.89. The maximum Gasteiger partial charge on any atom is 0.271 e. The largest absolute Gasteiger partial charge is 0.349 e. The summed E-state index contributed by atoms with van der Waals surface area (Å²) in [5.74, 6) is -0.0869. The third-order valence-electron chi connectivity index (χ3n) is 3.77. The van der Waals surface area contributed by atoms with Crippen LogP contribution in [0.25, 0.3) is 0 Å². The van der Waals surface area contributed by atoms with Crippen LogP contribution in [-0.2, 0) is 6.54 Å². The fourth-order valence-corrected chi connectivity index (χ4v) is 3.47. The van der Waals surface area contributed by atoms with Crippen molar-refractivity contribution in [2.75, 3.05) is 19.3 Å². The molecule has 0 radical (unpaired) electrons. The minimum atomic E-state index is -0.0869. The number of carbonyl (C=O) groups is 1. The number of rotatable bonds is 6. The van der Waals surface area contributed by atoms with Gasteiger partial charge in [0.05, 0.1) is 6.33 Å². The fourth-order valence-electron chi connectivity index (χ4n) is 2.55. The van der Waals surface area contributed by atoms with E-state index in [1.165, 1.54) is 25.7 Å². The lowest BCUT2D eigenvalue weighted by Crippen LogP contribution is -2.38. The Labute approximate surface area is 118 Å². The van der Waals surface area contributed by atoms with E-state index in [1.54, 1.807) is 12.5 Å². The molecule has 0 aromatic carbocycles. The molecule has 2 rings (SSSR count). The van der Waals surface area contributed by atoms with Gasteiger partial charge in [0.15, 0.2) is 0 Å². The van der Waals surface area contributed by atoms with Crippen LogP contribution in [0.5, 0.6) is 0 Å². The van der Waals surface area contributed by atoms with Gasteiger partial charge in [0, 0.05) is 30.6 Å². The third-order valence-corrected chi connectivity index (χ3v) is 5.19. The molecule has 6 heteroatoms. The van der Waals surface area contributed by atoms with Crippen LogP contribution >= 0.6 is 11.8 Å². The van der Waals surface area contributed by atoms with Gasteiger partial charge in [-0.1, -0.05) is 12.8 Å². The van der Waals surface area contributed by atoms with E-state index in [2.05, 4.69) is 16.6 Å². The Bertz CT molecular complexity index is 426. The van der Waals surface area contributed by atoms with E-state index >= 15 is 0 Å². The van der Waals surface area contributed by atoms with E-state index < -0.39 is 0 Å². The molecule has 1 heterocycles. The van der Waals surface area contributed by atoms with E-state index in [0.29, 0.717) is 18.8 Å². The lowest BCUT2D eigenvalue weighted by Gasteiger charge is -2.26. The molecule has 19 heavy (non-hydrogen) atoms. The summed E-state index contributed by atoms with van der Waals surface area (Å²) in [5.41, 5.74) is 5.95. The number of hydrogen-bond acceptors (Lipinski definition) is 4. The first kappa shape index (κ1) is 14.4. The first-order valence-corrected chi connectivity index (χ1v) is 7.97. The first-order valence-electron chi connectivity index (χ1n) is 6.74. The second kappa shape index (κ2) is 6.43. The van der Waals surface area contributed by atoms with Crippen LogP contribution in [0, 0.1) is 0 Å². The third kappa shape index (κ3) is 3.51. The number of nitrogens with one attached hydrogen (secondary N) is 1. The Morgan fingerprint density at radius 3 is 2.95 bits per heavy atom. The summed E-state index contributed by atoms with van der Waals surface area (Å²) >= 11 is 1.87. The van der Waals surface area contributed by atoms with Crippen LogP contribution < -0.4 is 11.1 Å². The highest BCUT2D eigenvalue weighted by Gasteiger charge is 2.33. The van der Waals surface area contributed by atoms with Crippen LogP contribution in [0.15, 0.2) is 12.5 Å². The van der Waals surface area contributed by atoms with Crippen LogP contribution in [0.4, 0.5) is 0 Å². The van der Waals surface area contributed by atoms with Gasteiger partial charge < -0.3 is 15.6 Å². The van der Waals surface area contributed by atoms with Gasteiger partial charge in [0.2, 0.25) is 0 Å². The summed E-state index contributed by atoms with van der Waals surface area (Å²) in [6.07, 6.45) is 10.5. The summed E-state index contributed by atoms with van der Waals surface area (Å²) in [5, 5.41) is 3.02. The zero-order chi connectivity index (χ0) is 13.7. The van der Waals surface area contributed by atoms with Gasteiger partial charge in [0.1, 0.15) is 5.69 Å². The molecule has 0 atom stereocenters. The number of thioether (sulfide) groups is 1. The normalized spacial score (nSPS) is 17.6. The second-order valence-corrected chi connectivity index (χ2v) is 6.34. The van der Waals surface area contributed by atoms with E-state index in [1.807, 2.05) is 16.3 Å². The molecule has 0 bridgehead atoms. The number of hydrogen-bond donors (Lipinski definition) is 2. The minimum Gasteiger partial charge on any atom is -0.349 e. The summed E-state index contributed by atoms with van der Waals surface area (Å²) in [4.78, 5) is 16.2. The molecule has 106 valence electrons. The van der Waals surface area contributed by atoms with Crippen molar-refractivity contribution < 1.29 is 4.79 Å². The van der Waals surface area contributed by atoms with Crippen molar-refractivity contribution in [1.29, 1.82) is 0 Å². The number of carbonyl (C=O) groups excluding carboxylic acids is 1. The zero-order valence-electron chi connectivity index (χ0n) is 11.4. The summed E-state index contributed by atoms with van der Waals surface area (Å²) in [6, 6.07) is 0. The number of nitrogens with two attached hydrogens (primary N) is 1. The molecule has 1 aliphatic rings. The Kier molecular flexibility index (Phi) is 4.87. The van der Waals surface area contributed by atoms with Crippen molar-refractivity contribution in [2.24, 2.45) is 5.73 Å². The van der Waals surface area contributed by atoms with Crippen LogP contribution in [0.2, 0.25) is 0 Å². The molecule has 1 aromatic rings. The second-order valence-electron chi connectivity index (χ2n) is 5.06. The van der Waals surface area contributed by atoms with Gasteiger partial charge >= 0.3 is 0 Å². The van der Waals surface area contributed by atoms with Crippen molar-refractivity contribution in [3.63, 3.8) is 0 Å². The number of amides is 1. The van der Waals surface area contributed by atoms with Crippen molar-refractivity contribution in [2.45, 2.75) is 37.0 Å². The Morgan fingerprint density at radius 2 is 2.32 bits per heavy atom. The van der Waals surface area contributed by atoms with Gasteiger partial charge in [0.25, 0.3) is 5.91 Å². The molecule has 0 aliphatic heterocycles. The van der Waals surface area contributed by atoms with Gasteiger partial charge in [-0.3, -0.25) is 4.79 Å². The summed E-state index contributed by atoms with van der Waals surface area (Å²) in [6.45, 7) is 1.97. The predicted molar refractivity (Wildman–Crippen MR) is 78.3 cm³/mol. The highest BCUT2D eigenvalue weighted by Crippen LogP contribution is 2.39. The van der Waals surface area contributed by atoms with Gasteiger partial charge in [-0.05, 0) is 19.1 Å². The van der Waals surface area contributed by atoms with E-state index in [-0.39, 0.29) is 10.7 Å². The maximum atomic E-state index is 12.0. The molecule has 1 amide bonds. The van der Waals surface area contributed by atoms with Crippen molar-refractivity contribution in [1.82, 2.24) is 14.9 Å². The van der Waals surface area contributed by atoms with Crippen molar-refractivity contribution >= 4 is 17.7 Å². The van der Waals surface area contributed by atoms with Crippen molar-refractivity contribution in [3.8, 4) is 0 Å². The molecule has 1 saturated carbocycles. The molecule has 5 nitrogen and oxygen atoms in total. The van der Waals surface area contributed by atoms with Crippen LogP contribution in [0.1, 0.15) is 36.2 Å². The molecular weight excluding hydrogens is 260 g/mol. The molecule has 3 N–H and O–H groups in total. The molecule has 1 aromatic heterocycles. The van der Waals surface area contributed by atoms with E-state index in [9.17, 15) is 4.79 Å². The Morgan fingerprint density at radius 1 is 1.58 bits per heavy atom. The predicted octanol–water partition coefficient (Wildman–Crippen LogP) is 1.25. The molecule has 0 saturated heterocycles. The molecule has 0 spiro atoms. The summed E-state index contributed by atoms with van der Waals surface area (Å²) in [7, 11) is 0. The highest BCUT2D eigenvalue weighted by molar-refractivity contribution is 8.00. The van der Waals surface area contributed by atoms with Gasteiger partial charge in [-0.15, -0.1) is 0 Å². The average molecular weight is 282 g/mol. The van der Waals surface area contributed by atoms with E-state index in [0.717, 1.165) is 6.54 Å². The van der Waals surface area contributed by atoms with Gasteiger partial charge in [-0.25, -0.2) is 4.98 Å². The minimum absolute atomic E-state index is 0.0869. The molecular formula is C13H22N4OS. The monoisotopic (exact) mass is 282 g/mol. The number of imidazole rings is 1. The fraction of sp³-hybridized carbons (Fsp3) is 0.692. The lowest BCUT2D eigenvalue weighted by molar-refractivity contribution is 0.0945. The lowest BCUT2D eigenvalue weighted by atomic mass is 10.1. The Hall–Kier alpha value is -1.01. The standard InChI is InChI=1S/C13H22N4OS/c1-19-13(4-2-3-5-13)9-15-12(18)11-8-17(7-6-14)10-16-11/h8,10H,2-7,9,14H2,1H3,(H,15,18). The van der Waals surface area contributed by atoms with Gasteiger partial charge in [-0.2, -0.15) is 11.8 Å². The smallest absolute Gasteiger partial charge is 0.271 e. The average Bonchev–Trinajstić information content (AvgIpc) is 3.06. The number of nitrogens with zero attached hydrogens (tertiary/aromatic N) is 2. The maximum absolute atomic E-state index is 12.0. The molecule has 0 unspecified atom stereocenters. The quantitative estimate of drug-likeness (QED) is 0.823. The molecule has 1 aliphatic carbocycles. The SMILES string of the molecule is CSC1(CNC(=O)c2cn(CCN)cn2)CCCC1. The molecule has 1 fully saturated rings. The highest BCUT2D eigenvalue weighted by atomic mass is 32.2. The van der Waals surface area contributed by atoms with Crippen LogP contribution in [-0.4, -0.2) is 39.6 Å². The number of aromatic nitrogens is 2. The van der Waals surface area contributed by atoms with Crippen LogP contribution in [0.3, 0.4) is 0 Å².